The summed E-state index contributed by atoms with van der Waals surface area (Å²) in [5, 5.41) is 4.15. The molecule has 0 aliphatic carbocycles. The van der Waals surface area contributed by atoms with Gasteiger partial charge in [0, 0.05) is 12.7 Å². The highest BCUT2D eigenvalue weighted by molar-refractivity contribution is 6.21. The second-order valence-electron chi connectivity index (χ2n) is 6.77. The van der Waals surface area contributed by atoms with Gasteiger partial charge in [-0.2, -0.15) is 5.10 Å². The normalized spacial score (nSPS) is 14.0. The average Bonchev–Trinajstić information content (AvgIpc) is 3.10. The third-order valence-corrected chi connectivity index (χ3v) is 3.68. The van der Waals surface area contributed by atoms with Gasteiger partial charge in [0.15, 0.2) is 5.69 Å². The average molecular weight is 341 g/mol. The summed E-state index contributed by atoms with van der Waals surface area (Å²) in [5.41, 5.74) is 0.434. The van der Waals surface area contributed by atoms with Crippen LogP contribution in [0.1, 0.15) is 52.0 Å². The van der Waals surface area contributed by atoms with Gasteiger partial charge in [-0.15, -0.1) is 0 Å². The van der Waals surface area contributed by atoms with Gasteiger partial charge in [-0.05, 0) is 39.0 Å². The summed E-state index contributed by atoms with van der Waals surface area (Å²) in [6.45, 7) is 5.83. The molecule has 1 aromatic carbocycles. The molecular weight excluding hydrogens is 322 g/mol. The fraction of sp³-hybridized carbons (Fsp3) is 0.333. The Morgan fingerprint density at radius 2 is 1.64 bits per heavy atom. The number of esters is 1. The van der Waals surface area contributed by atoms with Crippen LogP contribution in [0.4, 0.5) is 0 Å². The van der Waals surface area contributed by atoms with E-state index in [2.05, 4.69) is 5.10 Å². The molecule has 0 spiro atoms. The van der Waals surface area contributed by atoms with Crippen LogP contribution in [0.25, 0.3) is 0 Å². The van der Waals surface area contributed by atoms with Gasteiger partial charge in [-0.1, -0.05) is 12.1 Å². The Labute approximate surface area is 145 Å². The lowest BCUT2D eigenvalue weighted by molar-refractivity contribution is 0.00612. The number of nitrogens with zero attached hydrogens (tertiary/aromatic N) is 3. The number of rotatable bonds is 4. The quantitative estimate of drug-likeness (QED) is 0.628. The van der Waals surface area contributed by atoms with Gasteiger partial charge < -0.3 is 4.74 Å². The third kappa shape index (κ3) is 3.45. The van der Waals surface area contributed by atoms with Crippen LogP contribution < -0.4 is 0 Å². The van der Waals surface area contributed by atoms with Crippen LogP contribution in [0, 0.1) is 0 Å². The standard InChI is InChI=1S/C18H19N3O4/c1-18(2,3)25-17(24)14-8-9-20(19-14)10-11-21-15(22)12-6-4-5-7-13(12)16(21)23/h4-9H,10-11H2,1-3H3. The van der Waals surface area contributed by atoms with E-state index in [0.29, 0.717) is 17.7 Å². The Hall–Kier alpha value is -2.96. The van der Waals surface area contributed by atoms with Crippen molar-refractivity contribution in [3.05, 3.63) is 53.3 Å². The zero-order valence-electron chi connectivity index (χ0n) is 14.4. The van der Waals surface area contributed by atoms with Crippen molar-refractivity contribution in [2.45, 2.75) is 32.9 Å². The summed E-state index contributed by atoms with van der Waals surface area (Å²) in [4.78, 5) is 37.8. The van der Waals surface area contributed by atoms with Crippen molar-refractivity contribution >= 4 is 17.8 Å². The first-order chi connectivity index (χ1) is 11.8. The molecule has 2 heterocycles. The first-order valence-corrected chi connectivity index (χ1v) is 7.98. The van der Waals surface area contributed by atoms with E-state index in [4.69, 9.17) is 4.74 Å². The maximum absolute atomic E-state index is 12.3. The first kappa shape index (κ1) is 16.9. The first-order valence-electron chi connectivity index (χ1n) is 7.98. The molecule has 0 bridgehead atoms. The van der Waals surface area contributed by atoms with Crippen LogP contribution in [0.15, 0.2) is 36.5 Å². The summed E-state index contributed by atoms with van der Waals surface area (Å²) in [7, 11) is 0. The molecule has 0 saturated heterocycles. The van der Waals surface area contributed by atoms with E-state index < -0.39 is 11.6 Å². The van der Waals surface area contributed by atoms with Gasteiger partial charge in [0.05, 0.1) is 17.7 Å². The van der Waals surface area contributed by atoms with Gasteiger partial charge >= 0.3 is 5.97 Å². The Morgan fingerprint density at radius 1 is 1.04 bits per heavy atom. The van der Waals surface area contributed by atoms with E-state index in [1.807, 2.05) is 0 Å². The predicted octanol–water partition coefficient (Wildman–Crippen LogP) is 2.13. The van der Waals surface area contributed by atoms with Crippen molar-refractivity contribution in [3.8, 4) is 0 Å². The van der Waals surface area contributed by atoms with Crippen molar-refractivity contribution in [3.63, 3.8) is 0 Å². The Balaban J connectivity index is 1.65. The van der Waals surface area contributed by atoms with Crippen molar-refractivity contribution in [2.24, 2.45) is 0 Å². The Morgan fingerprint density at radius 3 is 2.20 bits per heavy atom. The fourth-order valence-corrected chi connectivity index (χ4v) is 2.57. The van der Waals surface area contributed by atoms with Crippen LogP contribution in [-0.2, 0) is 11.3 Å². The second kappa shape index (κ2) is 6.16. The second-order valence-corrected chi connectivity index (χ2v) is 6.77. The molecule has 0 N–H and O–H groups in total. The lowest BCUT2D eigenvalue weighted by atomic mass is 10.1. The monoisotopic (exact) mass is 341 g/mol. The summed E-state index contributed by atoms with van der Waals surface area (Å²) < 4.78 is 6.77. The number of amides is 2. The number of aromatic nitrogens is 2. The molecule has 0 fully saturated rings. The minimum Gasteiger partial charge on any atom is -0.455 e. The van der Waals surface area contributed by atoms with Gasteiger partial charge in [-0.25, -0.2) is 4.79 Å². The van der Waals surface area contributed by atoms with Crippen molar-refractivity contribution < 1.29 is 19.1 Å². The molecule has 3 rings (SSSR count). The van der Waals surface area contributed by atoms with E-state index in [1.54, 1.807) is 57.3 Å². The number of hydrogen-bond acceptors (Lipinski definition) is 5. The number of carbonyl (C=O) groups is 3. The fourth-order valence-electron chi connectivity index (χ4n) is 2.57. The van der Waals surface area contributed by atoms with Crippen molar-refractivity contribution in [1.29, 1.82) is 0 Å². The lowest BCUT2D eigenvalue weighted by Gasteiger charge is -2.18. The third-order valence-electron chi connectivity index (χ3n) is 3.68. The highest BCUT2D eigenvalue weighted by Gasteiger charge is 2.34. The van der Waals surface area contributed by atoms with Crippen molar-refractivity contribution in [1.82, 2.24) is 14.7 Å². The molecule has 1 aliphatic rings. The van der Waals surface area contributed by atoms with Gasteiger partial charge in [0.1, 0.15) is 5.60 Å². The molecule has 0 saturated carbocycles. The molecule has 7 nitrogen and oxygen atoms in total. The molecule has 130 valence electrons. The van der Waals surface area contributed by atoms with Crippen LogP contribution in [0.2, 0.25) is 0 Å². The summed E-state index contributed by atoms with van der Waals surface area (Å²) in [6.07, 6.45) is 1.62. The van der Waals surface area contributed by atoms with Crippen LogP contribution in [0.5, 0.6) is 0 Å². The smallest absolute Gasteiger partial charge is 0.359 e. The minimum absolute atomic E-state index is 0.182. The number of imide groups is 1. The van der Waals surface area contributed by atoms with Crippen LogP contribution >= 0.6 is 0 Å². The molecule has 2 amide bonds. The minimum atomic E-state index is -0.596. The Bertz CT molecular complexity index is 813. The van der Waals surface area contributed by atoms with Gasteiger partial charge in [0.2, 0.25) is 0 Å². The molecule has 7 heteroatoms. The molecule has 2 aromatic rings. The van der Waals surface area contributed by atoms with Gasteiger partial charge in [-0.3, -0.25) is 19.2 Å². The molecule has 1 aliphatic heterocycles. The summed E-state index contributed by atoms with van der Waals surface area (Å²) >= 11 is 0. The van der Waals surface area contributed by atoms with E-state index in [0.717, 1.165) is 0 Å². The Kier molecular flexibility index (Phi) is 4.16. The molecule has 1 aromatic heterocycles. The SMILES string of the molecule is CC(C)(C)OC(=O)c1ccn(CCN2C(=O)c3ccccc3C2=O)n1. The van der Waals surface area contributed by atoms with E-state index in [9.17, 15) is 14.4 Å². The van der Waals surface area contributed by atoms with Crippen molar-refractivity contribution in [2.75, 3.05) is 6.54 Å². The maximum atomic E-state index is 12.3. The molecule has 0 atom stereocenters. The number of hydrogen-bond donors (Lipinski definition) is 0. The summed E-state index contributed by atoms with van der Waals surface area (Å²) in [5.74, 6) is -1.12. The van der Waals surface area contributed by atoms with E-state index in [1.165, 1.54) is 9.58 Å². The van der Waals surface area contributed by atoms with Crippen LogP contribution in [-0.4, -0.2) is 44.6 Å². The van der Waals surface area contributed by atoms with Gasteiger partial charge in [0.25, 0.3) is 11.8 Å². The van der Waals surface area contributed by atoms with E-state index in [-0.39, 0.29) is 24.1 Å². The topological polar surface area (TPSA) is 81.5 Å². The number of carbonyl (C=O) groups excluding carboxylic acids is 3. The highest BCUT2D eigenvalue weighted by atomic mass is 16.6. The molecule has 0 unspecified atom stereocenters. The van der Waals surface area contributed by atoms with E-state index >= 15 is 0 Å². The zero-order chi connectivity index (χ0) is 18.2. The number of fused-ring (bicyclic) bond motifs is 1. The predicted molar refractivity (Wildman–Crippen MR) is 89.2 cm³/mol. The lowest BCUT2D eigenvalue weighted by Crippen LogP contribution is -2.33. The number of ether oxygens (including phenoxy) is 1. The zero-order valence-corrected chi connectivity index (χ0v) is 14.4. The highest BCUT2D eigenvalue weighted by Crippen LogP contribution is 2.22. The molecular formula is C18H19N3O4. The van der Waals surface area contributed by atoms with Crippen LogP contribution in [0.3, 0.4) is 0 Å². The largest absolute Gasteiger partial charge is 0.455 e. The molecule has 25 heavy (non-hydrogen) atoms. The maximum Gasteiger partial charge on any atom is 0.359 e. The number of benzene rings is 1. The molecule has 0 radical (unpaired) electrons. The summed E-state index contributed by atoms with van der Waals surface area (Å²) in [6, 6.07) is 8.30.